The molecule has 0 atom stereocenters. The lowest BCUT2D eigenvalue weighted by atomic mass is 9.77. The van der Waals surface area contributed by atoms with E-state index in [-0.39, 0.29) is 5.69 Å². The molecular weight excluding hydrogens is 270 g/mol. The Balaban J connectivity index is 1.75. The summed E-state index contributed by atoms with van der Waals surface area (Å²) in [6.07, 6.45) is 7.86. The number of halogens is 2. The molecule has 1 aliphatic heterocycles. The van der Waals surface area contributed by atoms with Crippen molar-refractivity contribution in [2.45, 2.75) is 44.9 Å². The van der Waals surface area contributed by atoms with E-state index in [2.05, 4.69) is 0 Å². The quantitative estimate of drug-likeness (QED) is 0.922. The highest BCUT2D eigenvalue weighted by Gasteiger charge is 2.37. The zero-order valence-corrected chi connectivity index (χ0v) is 12.5. The van der Waals surface area contributed by atoms with Crippen LogP contribution >= 0.6 is 0 Å². The van der Waals surface area contributed by atoms with E-state index in [9.17, 15) is 8.78 Å². The molecule has 3 rings (SSSR count). The predicted molar refractivity (Wildman–Crippen MR) is 81.5 cm³/mol. The molecule has 2 aliphatic rings. The smallest absolute Gasteiger partial charge is 0.149 e. The van der Waals surface area contributed by atoms with Gasteiger partial charge in [-0.25, -0.2) is 8.78 Å². The maximum Gasteiger partial charge on any atom is 0.149 e. The molecule has 1 spiro atoms. The van der Waals surface area contributed by atoms with Crippen LogP contribution in [0.25, 0.3) is 0 Å². The average molecular weight is 294 g/mol. The van der Waals surface area contributed by atoms with Crippen LogP contribution in [-0.2, 0) is 6.42 Å². The molecule has 116 valence electrons. The Morgan fingerprint density at radius 2 is 1.57 bits per heavy atom. The van der Waals surface area contributed by atoms with Gasteiger partial charge in [-0.15, -0.1) is 0 Å². The molecule has 0 unspecified atom stereocenters. The monoisotopic (exact) mass is 294 g/mol. The number of anilines is 1. The van der Waals surface area contributed by atoms with E-state index < -0.39 is 11.6 Å². The van der Waals surface area contributed by atoms with Crippen molar-refractivity contribution in [1.82, 2.24) is 0 Å². The largest absolute Gasteiger partial charge is 0.367 e. The van der Waals surface area contributed by atoms with Gasteiger partial charge in [0.2, 0.25) is 0 Å². The summed E-state index contributed by atoms with van der Waals surface area (Å²) in [5.74, 6) is -0.887. The zero-order chi connectivity index (χ0) is 14.9. The van der Waals surface area contributed by atoms with Crippen LogP contribution in [0.5, 0.6) is 0 Å². The van der Waals surface area contributed by atoms with Crippen LogP contribution < -0.4 is 10.6 Å². The van der Waals surface area contributed by atoms with Crippen molar-refractivity contribution in [2.24, 2.45) is 11.1 Å². The van der Waals surface area contributed by atoms with Gasteiger partial charge in [0.15, 0.2) is 0 Å². The normalized spacial score (nSPS) is 21.2. The van der Waals surface area contributed by atoms with E-state index in [4.69, 9.17) is 5.73 Å². The standard InChI is InChI=1S/C17H24F2N2/c18-14-11-13(3-8-20)12-15(19)16(14)21-9-6-17(7-10-21)4-1-2-5-17/h11-12H,1-10,20H2. The van der Waals surface area contributed by atoms with Crippen molar-refractivity contribution in [3.8, 4) is 0 Å². The van der Waals surface area contributed by atoms with Crippen LogP contribution in [0, 0.1) is 17.0 Å². The fourth-order valence-corrected chi connectivity index (χ4v) is 4.06. The summed E-state index contributed by atoms with van der Waals surface area (Å²) in [7, 11) is 0. The van der Waals surface area contributed by atoms with Crippen LogP contribution in [-0.4, -0.2) is 19.6 Å². The van der Waals surface area contributed by atoms with E-state index in [1.807, 2.05) is 4.90 Å². The molecule has 21 heavy (non-hydrogen) atoms. The summed E-state index contributed by atoms with van der Waals surface area (Å²) in [6.45, 7) is 1.94. The maximum absolute atomic E-state index is 14.3. The van der Waals surface area contributed by atoms with Gasteiger partial charge in [-0.1, -0.05) is 12.8 Å². The molecule has 2 N–H and O–H groups in total. The Morgan fingerprint density at radius 1 is 1.00 bits per heavy atom. The van der Waals surface area contributed by atoms with Crippen LogP contribution in [0.2, 0.25) is 0 Å². The molecular formula is C17H24F2N2. The molecule has 0 radical (unpaired) electrons. The Hall–Kier alpha value is -1.16. The molecule has 1 aliphatic carbocycles. The second-order valence-corrected chi connectivity index (χ2v) is 6.64. The first-order valence-electron chi connectivity index (χ1n) is 8.06. The highest BCUT2D eigenvalue weighted by atomic mass is 19.1. The van der Waals surface area contributed by atoms with Gasteiger partial charge in [-0.3, -0.25) is 0 Å². The first-order chi connectivity index (χ1) is 10.1. The van der Waals surface area contributed by atoms with Crippen LogP contribution in [0.1, 0.15) is 44.1 Å². The lowest BCUT2D eigenvalue weighted by Crippen LogP contribution is -2.39. The van der Waals surface area contributed by atoms with E-state index in [0.717, 1.165) is 25.9 Å². The summed E-state index contributed by atoms with van der Waals surface area (Å²) >= 11 is 0. The summed E-state index contributed by atoms with van der Waals surface area (Å²) in [6, 6.07) is 2.87. The van der Waals surface area contributed by atoms with E-state index in [1.165, 1.54) is 37.8 Å². The first kappa shape index (κ1) is 14.8. The van der Waals surface area contributed by atoms with Crippen molar-refractivity contribution >= 4 is 5.69 Å². The fourth-order valence-electron chi connectivity index (χ4n) is 4.06. The number of hydrogen-bond acceptors (Lipinski definition) is 2. The van der Waals surface area contributed by atoms with Gasteiger partial charge in [0.25, 0.3) is 0 Å². The first-order valence-corrected chi connectivity index (χ1v) is 8.06. The molecule has 4 heteroatoms. The maximum atomic E-state index is 14.3. The van der Waals surface area contributed by atoms with Gasteiger partial charge in [-0.2, -0.15) is 0 Å². The van der Waals surface area contributed by atoms with Gasteiger partial charge < -0.3 is 10.6 Å². The predicted octanol–water partition coefficient (Wildman–Crippen LogP) is 3.63. The Bertz CT molecular complexity index is 477. The van der Waals surface area contributed by atoms with E-state index in [0.29, 0.717) is 23.9 Å². The van der Waals surface area contributed by atoms with Crippen molar-refractivity contribution in [1.29, 1.82) is 0 Å². The van der Waals surface area contributed by atoms with Crippen LogP contribution in [0.15, 0.2) is 12.1 Å². The zero-order valence-electron chi connectivity index (χ0n) is 12.5. The highest BCUT2D eigenvalue weighted by molar-refractivity contribution is 5.51. The second kappa shape index (κ2) is 5.91. The number of nitrogens with zero attached hydrogens (tertiary/aromatic N) is 1. The van der Waals surface area contributed by atoms with Crippen molar-refractivity contribution in [2.75, 3.05) is 24.5 Å². The molecule has 1 saturated heterocycles. The van der Waals surface area contributed by atoms with Crippen LogP contribution in [0.3, 0.4) is 0 Å². The van der Waals surface area contributed by atoms with E-state index in [1.54, 1.807) is 0 Å². The average Bonchev–Trinajstić information content (AvgIpc) is 2.89. The van der Waals surface area contributed by atoms with Gasteiger partial charge in [0, 0.05) is 13.1 Å². The molecule has 0 aromatic heterocycles. The summed E-state index contributed by atoms with van der Waals surface area (Å²) < 4.78 is 28.5. The Kier molecular flexibility index (Phi) is 4.16. The number of nitrogens with two attached hydrogens (primary N) is 1. The molecule has 1 aromatic rings. The van der Waals surface area contributed by atoms with E-state index >= 15 is 0 Å². The minimum atomic E-state index is -0.444. The number of rotatable bonds is 3. The van der Waals surface area contributed by atoms with Gasteiger partial charge in [0.05, 0.1) is 0 Å². The Labute approximate surface area is 125 Å². The number of hydrogen-bond donors (Lipinski definition) is 1. The number of benzene rings is 1. The summed E-state index contributed by atoms with van der Waals surface area (Å²) in [5.41, 5.74) is 6.71. The third-order valence-electron chi connectivity index (χ3n) is 5.31. The fraction of sp³-hybridized carbons (Fsp3) is 0.647. The third kappa shape index (κ3) is 2.91. The molecule has 1 saturated carbocycles. The van der Waals surface area contributed by atoms with Crippen molar-refractivity contribution < 1.29 is 8.78 Å². The lowest BCUT2D eigenvalue weighted by Gasteiger charge is -2.40. The second-order valence-electron chi connectivity index (χ2n) is 6.64. The van der Waals surface area contributed by atoms with Gasteiger partial charge in [-0.05, 0) is 61.8 Å². The summed E-state index contributed by atoms with van der Waals surface area (Å²) in [4.78, 5) is 1.89. The summed E-state index contributed by atoms with van der Waals surface area (Å²) in [5, 5.41) is 0. The van der Waals surface area contributed by atoms with Crippen molar-refractivity contribution in [3.05, 3.63) is 29.3 Å². The number of piperidine rings is 1. The molecule has 0 bridgehead atoms. The third-order valence-corrected chi connectivity index (χ3v) is 5.31. The minimum Gasteiger partial charge on any atom is -0.367 e. The lowest BCUT2D eigenvalue weighted by molar-refractivity contribution is 0.225. The molecule has 2 nitrogen and oxygen atoms in total. The molecule has 1 aromatic carbocycles. The topological polar surface area (TPSA) is 29.3 Å². The highest BCUT2D eigenvalue weighted by Crippen LogP contribution is 2.47. The van der Waals surface area contributed by atoms with Crippen LogP contribution in [0.4, 0.5) is 14.5 Å². The molecule has 2 fully saturated rings. The minimum absolute atomic E-state index is 0.156. The molecule has 0 amide bonds. The van der Waals surface area contributed by atoms with Crippen molar-refractivity contribution in [3.63, 3.8) is 0 Å². The van der Waals surface area contributed by atoms with Gasteiger partial charge >= 0.3 is 0 Å². The van der Waals surface area contributed by atoms with Gasteiger partial charge in [0.1, 0.15) is 17.3 Å². The molecule has 1 heterocycles. The SMILES string of the molecule is NCCc1cc(F)c(N2CCC3(CCCC3)CC2)c(F)c1. The Morgan fingerprint density at radius 3 is 2.10 bits per heavy atom.